The van der Waals surface area contributed by atoms with E-state index in [2.05, 4.69) is 55.7 Å². The fourth-order valence-electron chi connectivity index (χ4n) is 6.06. The van der Waals surface area contributed by atoms with Gasteiger partial charge >= 0.3 is 0 Å². The van der Waals surface area contributed by atoms with Crippen LogP contribution in [0, 0.1) is 29.6 Å². The van der Waals surface area contributed by atoms with Crippen molar-refractivity contribution in [2.45, 2.75) is 83.5 Å². The minimum atomic E-state index is 0.734. The molecule has 0 radical (unpaired) electrons. The highest BCUT2D eigenvalue weighted by atomic mass is 16.5. The summed E-state index contributed by atoms with van der Waals surface area (Å²) in [5, 5.41) is 0. The predicted octanol–water partition coefficient (Wildman–Crippen LogP) is 8.92. The Morgan fingerprint density at radius 2 is 1.35 bits per heavy atom. The Morgan fingerprint density at radius 1 is 0.794 bits per heavy atom. The van der Waals surface area contributed by atoms with Crippen LogP contribution in [0.3, 0.4) is 0 Å². The van der Waals surface area contributed by atoms with Crippen molar-refractivity contribution >= 4 is 0 Å². The number of benzene rings is 2. The zero-order valence-corrected chi connectivity index (χ0v) is 21.1. The van der Waals surface area contributed by atoms with Crippen molar-refractivity contribution in [2.75, 3.05) is 6.61 Å². The average molecular weight is 455 g/mol. The molecule has 1 nitrogen and oxygen atoms in total. The van der Waals surface area contributed by atoms with Crippen LogP contribution in [-0.4, -0.2) is 6.61 Å². The largest absolute Gasteiger partial charge is 0.494 e. The van der Waals surface area contributed by atoms with Crippen LogP contribution < -0.4 is 4.74 Å². The molecule has 34 heavy (non-hydrogen) atoms. The van der Waals surface area contributed by atoms with Crippen molar-refractivity contribution in [1.29, 1.82) is 0 Å². The molecule has 2 aliphatic carbocycles. The molecule has 0 unspecified atom stereocenters. The van der Waals surface area contributed by atoms with E-state index in [1.54, 1.807) is 0 Å². The molecule has 0 amide bonds. The van der Waals surface area contributed by atoms with Gasteiger partial charge in [-0.2, -0.15) is 0 Å². The van der Waals surface area contributed by atoms with Crippen molar-refractivity contribution < 1.29 is 4.74 Å². The van der Waals surface area contributed by atoms with Gasteiger partial charge in [-0.15, -0.1) is 6.58 Å². The van der Waals surface area contributed by atoms with Crippen molar-refractivity contribution in [3.05, 3.63) is 77.9 Å². The van der Waals surface area contributed by atoms with E-state index >= 15 is 0 Å². The first kappa shape index (κ1) is 24.7. The second kappa shape index (κ2) is 12.9. The fraction of sp³-hybridized carbons (Fsp3) is 0.515. The molecule has 0 spiro atoms. The summed E-state index contributed by atoms with van der Waals surface area (Å²) >= 11 is 0. The zero-order valence-electron chi connectivity index (χ0n) is 21.1. The SMILES string of the molecule is C=CCCC1CCC(C2CCC(c3ccc(C#Cc4ccc(OCCC)cc4)cc3)CC2)CC1. The first-order chi connectivity index (χ1) is 16.7. The van der Waals surface area contributed by atoms with Gasteiger partial charge in [0.1, 0.15) is 5.75 Å². The molecule has 0 heterocycles. The van der Waals surface area contributed by atoms with Crippen LogP contribution in [0.25, 0.3) is 0 Å². The lowest BCUT2D eigenvalue weighted by atomic mass is 9.68. The minimum Gasteiger partial charge on any atom is -0.494 e. The number of hydrogen-bond acceptors (Lipinski definition) is 1. The molecule has 180 valence electrons. The van der Waals surface area contributed by atoms with Crippen molar-refractivity contribution in [3.63, 3.8) is 0 Å². The van der Waals surface area contributed by atoms with Gasteiger partial charge in [0.15, 0.2) is 0 Å². The summed E-state index contributed by atoms with van der Waals surface area (Å²) in [4.78, 5) is 0. The third-order valence-corrected chi connectivity index (χ3v) is 8.17. The van der Waals surface area contributed by atoms with Crippen LogP contribution >= 0.6 is 0 Å². The van der Waals surface area contributed by atoms with Gasteiger partial charge in [0.2, 0.25) is 0 Å². The smallest absolute Gasteiger partial charge is 0.119 e. The Bertz CT molecular complexity index is 927. The van der Waals surface area contributed by atoms with E-state index in [-0.39, 0.29) is 0 Å². The molecule has 0 aromatic heterocycles. The molecular weight excluding hydrogens is 412 g/mol. The number of allylic oxidation sites excluding steroid dienone is 1. The molecule has 0 atom stereocenters. The van der Waals surface area contributed by atoms with Gasteiger partial charge < -0.3 is 4.74 Å². The van der Waals surface area contributed by atoms with Crippen LogP contribution in [-0.2, 0) is 0 Å². The Morgan fingerprint density at radius 3 is 1.91 bits per heavy atom. The third kappa shape index (κ3) is 7.02. The van der Waals surface area contributed by atoms with Gasteiger partial charge in [-0.25, -0.2) is 0 Å². The Hall–Kier alpha value is -2.46. The van der Waals surface area contributed by atoms with Crippen LogP contribution in [0.1, 0.15) is 100 Å². The van der Waals surface area contributed by atoms with E-state index < -0.39 is 0 Å². The summed E-state index contributed by atoms with van der Waals surface area (Å²) in [6, 6.07) is 17.1. The van der Waals surface area contributed by atoms with E-state index in [1.165, 1.54) is 69.8 Å². The second-order valence-corrected chi connectivity index (χ2v) is 10.5. The zero-order chi connectivity index (χ0) is 23.6. The predicted molar refractivity (Wildman–Crippen MR) is 144 cm³/mol. The highest BCUT2D eigenvalue weighted by Crippen LogP contribution is 2.44. The maximum atomic E-state index is 5.65. The quantitative estimate of drug-likeness (QED) is 0.286. The highest BCUT2D eigenvalue weighted by molar-refractivity contribution is 5.45. The normalized spacial score (nSPS) is 24.6. The van der Waals surface area contributed by atoms with E-state index in [4.69, 9.17) is 4.74 Å². The third-order valence-electron chi connectivity index (χ3n) is 8.17. The summed E-state index contributed by atoms with van der Waals surface area (Å²) in [6.07, 6.45) is 17.1. The Balaban J connectivity index is 1.24. The Labute approximate surface area is 208 Å². The van der Waals surface area contributed by atoms with Crippen molar-refractivity contribution in [2.24, 2.45) is 17.8 Å². The molecule has 1 heteroatoms. The van der Waals surface area contributed by atoms with Crippen molar-refractivity contribution in [3.8, 4) is 17.6 Å². The van der Waals surface area contributed by atoms with Crippen LogP contribution in [0.15, 0.2) is 61.2 Å². The minimum absolute atomic E-state index is 0.734. The van der Waals surface area contributed by atoms with Gasteiger partial charge in [-0.3, -0.25) is 0 Å². The standard InChI is InChI=1S/C33H42O/c1-3-5-6-26-9-15-29(16-10-26)31-19-21-32(22-20-31)30-17-11-27(12-18-30)7-8-28-13-23-33(24-14-28)34-25-4-2/h3,11-14,17-18,23-24,26,29,31-32H,1,4-6,9-10,15-16,19-22,25H2,2H3. The average Bonchev–Trinajstić information content (AvgIpc) is 2.91. The number of ether oxygens (including phenoxy) is 1. The summed E-state index contributed by atoms with van der Waals surface area (Å²) < 4.78 is 5.65. The van der Waals surface area contributed by atoms with E-state index in [0.717, 1.165) is 53.6 Å². The first-order valence-electron chi connectivity index (χ1n) is 13.7. The molecule has 2 aliphatic rings. The Kier molecular flexibility index (Phi) is 9.32. The molecule has 0 bridgehead atoms. The second-order valence-electron chi connectivity index (χ2n) is 10.5. The lowest BCUT2D eigenvalue weighted by Crippen LogP contribution is -2.25. The van der Waals surface area contributed by atoms with E-state index in [0.29, 0.717) is 0 Å². The first-order valence-corrected chi connectivity index (χ1v) is 13.7. The van der Waals surface area contributed by atoms with Gasteiger partial charge in [0, 0.05) is 11.1 Å². The van der Waals surface area contributed by atoms with Crippen LogP contribution in [0.4, 0.5) is 0 Å². The summed E-state index contributed by atoms with van der Waals surface area (Å²) in [7, 11) is 0. The van der Waals surface area contributed by atoms with Crippen LogP contribution in [0.5, 0.6) is 5.75 Å². The summed E-state index contributed by atoms with van der Waals surface area (Å²) in [6.45, 7) is 6.77. The van der Waals surface area contributed by atoms with Gasteiger partial charge in [0.05, 0.1) is 6.61 Å². The summed E-state index contributed by atoms with van der Waals surface area (Å²) in [5.41, 5.74) is 3.63. The fourth-order valence-corrected chi connectivity index (χ4v) is 6.06. The topological polar surface area (TPSA) is 9.23 Å². The van der Waals surface area contributed by atoms with Crippen LogP contribution in [0.2, 0.25) is 0 Å². The van der Waals surface area contributed by atoms with E-state index in [1.807, 2.05) is 24.3 Å². The lowest BCUT2D eigenvalue weighted by molar-refractivity contribution is 0.157. The maximum absolute atomic E-state index is 5.65. The van der Waals surface area contributed by atoms with Gasteiger partial charge in [0.25, 0.3) is 0 Å². The molecule has 2 aromatic rings. The molecular formula is C33H42O. The summed E-state index contributed by atoms with van der Waals surface area (Å²) in [5.74, 6) is 11.2. The molecule has 0 saturated heterocycles. The molecule has 0 aliphatic heterocycles. The maximum Gasteiger partial charge on any atom is 0.119 e. The monoisotopic (exact) mass is 454 g/mol. The molecule has 2 saturated carbocycles. The molecule has 0 N–H and O–H groups in total. The molecule has 2 aromatic carbocycles. The molecule has 4 rings (SSSR count). The number of hydrogen-bond donors (Lipinski definition) is 0. The van der Waals surface area contributed by atoms with Crippen molar-refractivity contribution in [1.82, 2.24) is 0 Å². The molecule has 2 fully saturated rings. The van der Waals surface area contributed by atoms with Gasteiger partial charge in [-0.1, -0.05) is 49.8 Å². The number of rotatable bonds is 8. The lowest BCUT2D eigenvalue weighted by Gasteiger charge is -2.38. The highest BCUT2D eigenvalue weighted by Gasteiger charge is 2.31. The van der Waals surface area contributed by atoms with E-state index in [9.17, 15) is 0 Å². The van der Waals surface area contributed by atoms with Gasteiger partial charge in [-0.05, 0) is 123 Å².